The van der Waals surface area contributed by atoms with Gasteiger partial charge in [0.2, 0.25) is 5.75 Å². The average molecular weight is 385 g/mol. The monoisotopic (exact) mass is 384 g/mol. The number of carbonyl (C=O) groups excluding carboxylic acids is 1. The zero-order valence-electron chi connectivity index (χ0n) is 13.2. The van der Waals surface area contributed by atoms with Crippen LogP contribution in [0, 0.1) is 0 Å². The van der Waals surface area contributed by atoms with E-state index in [4.69, 9.17) is 32.7 Å². The molecule has 2 aromatic carbocycles. The predicted molar refractivity (Wildman–Crippen MR) is 94.4 cm³/mol. The van der Waals surface area contributed by atoms with Crippen molar-refractivity contribution in [3.05, 3.63) is 45.4 Å². The summed E-state index contributed by atoms with van der Waals surface area (Å²) in [4.78, 5) is 12.1. The molecule has 0 aliphatic carbocycles. The number of ether oxygens (including phenoxy) is 2. The van der Waals surface area contributed by atoms with E-state index in [2.05, 4.69) is 10.5 Å². The first-order valence-corrected chi connectivity index (χ1v) is 7.59. The van der Waals surface area contributed by atoms with Crippen LogP contribution in [0.1, 0.15) is 15.9 Å². The first-order valence-electron chi connectivity index (χ1n) is 6.83. The minimum absolute atomic E-state index is 0.0420. The highest BCUT2D eigenvalue weighted by molar-refractivity contribution is 6.36. The van der Waals surface area contributed by atoms with Gasteiger partial charge in [0.05, 0.1) is 25.5 Å². The maximum absolute atomic E-state index is 12.1. The van der Waals surface area contributed by atoms with Crippen LogP contribution in [0.25, 0.3) is 0 Å². The van der Waals surface area contributed by atoms with Gasteiger partial charge in [0.1, 0.15) is 5.75 Å². The number of rotatable bonds is 5. The molecule has 0 saturated heterocycles. The Morgan fingerprint density at radius 1 is 1.16 bits per heavy atom. The van der Waals surface area contributed by atoms with Crippen LogP contribution in [0.2, 0.25) is 10.0 Å². The summed E-state index contributed by atoms with van der Waals surface area (Å²) in [5, 5.41) is 23.7. The Labute approximate surface area is 153 Å². The largest absolute Gasteiger partial charge is 0.504 e. The van der Waals surface area contributed by atoms with Crippen molar-refractivity contribution in [1.82, 2.24) is 5.43 Å². The number of hydrazone groups is 1. The van der Waals surface area contributed by atoms with E-state index in [1.54, 1.807) is 6.07 Å². The van der Waals surface area contributed by atoms with Crippen molar-refractivity contribution in [3.8, 4) is 23.0 Å². The first-order chi connectivity index (χ1) is 11.9. The number of benzene rings is 2. The van der Waals surface area contributed by atoms with Gasteiger partial charge in [0.25, 0.3) is 5.91 Å². The van der Waals surface area contributed by atoms with Crippen LogP contribution in [0.4, 0.5) is 0 Å². The van der Waals surface area contributed by atoms with Gasteiger partial charge in [-0.05, 0) is 24.3 Å². The highest BCUT2D eigenvalue weighted by Crippen LogP contribution is 2.36. The third kappa shape index (κ3) is 4.26. The fourth-order valence-corrected chi connectivity index (χ4v) is 2.58. The number of hydrogen-bond donors (Lipinski definition) is 3. The number of carbonyl (C=O) groups is 1. The van der Waals surface area contributed by atoms with E-state index in [1.165, 1.54) is 32.6 Å². The molecule has 1 amide bonds. The molecule has 0 radical (unpaired) electrons. The molecule has 0 heterocycles. The molecule has 0 aromatic heterocycles. The van der Waals surface area contributed by atoms with Gasteiger partial charge >= 0.3 is 0 Å². The maximum atomic E-state index is 12.1. The third-order valence-electron chi connectivity index (χ3n) is 3.15. The summed E-state index contributed by atoms with van der Waals surface area (Å²) in [5.74, 6) is -1.26. The summed E-state index contributed by atoms with van der Waals surface area (Å²) in [6, 6.07) is 5.43. The highest BCUT2D eigenvalue weighted by atomic mass is 35.5. The Morgan fingerprint density at radius 2 is 1.88 bits per heavy atom. The molecule has 3 N–H and O–H groups in total. The molecule has 0 saturated carbocycles. The topological polar surface area (TPSA) is 100 Å². The van der Waals surface area contributed by atoms with E-state index < -0.39 is 17.4 Å². The molecule has 0 fully saturated rings. The summed E-state index contributed by atoms with van der Waals surface area (Å²) < 4.78 is 10.0. The van der Waals surface area contributed by atoms with Crippen LogP contribution in [0.3, 0.4) is 0 Å². The van der Waals surface area contributed by atoms with E-state index in [-0.39, 0.29) is 11.3 Å². The molecule has 2 aromatic rings. The Hall–Kier alpha value is -2.64. The average Bonchev–Trinajstić information content (AvgIpc) is 2.56. The molecule has 25 heavy (non-hydrogen) atoms. The molecule has 0 bridgehead atoms. The number of phenols is 2. The van der Waals surface area contributed by atoms with Crippen molar-refractivity contribution in [2.75, 3.05) is 14.2 Å². The van der Waals surface area contributed by atoms with E-state index in [9.17, 15) is 15.0 Å². The highest BCUT2D eigenvalue weighted by Gasteiger charge is 2.14. The zero-order chi connectivity index (χ0) is 18.6. The number of nitrogens with zero attached hydrogens (tertiary/aromatic N) is 1. The van der Waals surface area contributed by atoms with Crippen LogP contribution in [-0.2, 0) is 0 Å². The van der Waals surface area contributed by atoms with Gasteiger partial charge in [-0.25, -0.2) is 5.43 Å². The lowest BCUT2D eigenvalue weighted by Crippen LogP contribution is -2.17. The van der Waals surface area contributed by atoms with E-state index in [0.29, 0.717) is 21.4 Å². The third-order valence-corrected chi connectivity index (χ3v) is 3.65. The molecule has 0 aliphatic rings. The van der Waals surface area contributed by atoms with Crippen LogP contribution in [-0.4, -0.2) is 36.6 Å². The van der Waals surface area contributed by atoms with Crippen molar-refractivity contribution in [1.29, 1.82) is 0 Å². The van der Waals surface area contributed by atoms with Crippen molar-refractivity contribution in [3.63, 3.8) is 0 Å². The minimum atomic E-state index is -0.628. The molecular weight excluding hydrogens is 371 g/mol. The van der Waals surface area contributed by atoms with Gasteiger partial charge in [-0.1, -0.05) is 23.2 Å². The number of methoxy groups -OCH3 is 2. The van der Waals surface area contributed by atoms with E-state index in [0.717, 1.165) is 6.07 Å². The lowest BCUT2D eigenvalue weighted by molar-refractivity contribution is 0.0954. The van der Waals surface area contributed by atoms with Crippen LogP contribution < -0.4 is 14.9 Å². The van der Waals surface area contributed by atoms with Gasteiger partial charge in [0, 0.05) is 16.1 Å². The van der Waals surface area contributed by atoms with Crippen molar-refractivity contribution in [2.24, 2.45) is 5.10 Å². The molecule has 132 valence electrons. The van der Waals surface area contributed by atoms with Crippen LogP contribution in [0.15, 0.2) is 29.4 Å². The van der Waals surface area contributed by atoms with Gasteiger partial charge in [-0.15, -0.1) is 0 Å². The molecule has 7 nitrogen and oxygen atoms in total. The molecule has 0 spiro atoms. The van der Waals surface area contributed by atoms with Gasteiger partial charge in [-0.2, -0.15) is 5.10 Å². The van der Waals surface area contributed by atoms with E-state index in [1.807, 2.05) is 0 Å². The van der Waals surface area contributed by atoms with Gasteiger partial charge < -0.3 is 19.7 Å². The number of amides is 1. The number of nitrogens with one attached hydrogen (secondary N) is 1. The Bertz CT molecular complexity index is 840. The first kappa shape index (κ1) is 18.7. The summed E-state index contributed by atoms with van der Waals surface area (Å²) in [6.45, 7) is 0. The smallest absolute Gasteiger partial charge is 0.271 e. The lowest BCUT2D eigenvalue weighted by Gasteiger charge is -2.08. The standard InChI is InChI=1S/C16H14Cl2N2O5/c1-24-13-5-8(4-12(21)14(13)22)16(23)20-19-7-9-3-10(17)6-11(18)15(9)25-2/h3-7,21-22H,1-2H3,(H,20,23). The zero-order valence-corrected chi connectivity index (χ0v) is 14.7. The van der Waals surface area contributed by atoms with Gasteiger partial charge in [0.15, 0.2) is 11.5 Å². The number of hydrogen-bond acceptors (Lipinski definition) is 6. The summed E-state index contributed by atoms with van der Waals surface area (Å²) in [5.41, 5.74) is 2.78. The maximum Gasteiger partial charge on any atom is 0.271 e. The minimum Gasteiger partial charge on any atom is -0.504 e. The number of halogens is 2. The molecule has 2 rings (SSSR count). The number of aromatic hydroxyl groups is 2. The quantitative estimate of drug-likeness (QED) is 0.417. The molecular formula is C16H14Cl2N2O5. The second-order valence-electron chi connectivity index (χ2n) is 4.76. The molecule has 0 unspecified atom stereocenters. The predicted octanol–water partition coefficient (Wildman–Crippen LogP) is 3.19. The van der Waals surface area contributed by atoms with Crippen molar-refractivity contribution < 1.29 is 24.5 Å². The Kier molecular flexibility index (Phi) is 5.95. The number of phenolic OH excluding ortho intramolecular Hbond substituents is 2. The molecule has 9 heteroatoms. The Balaban J connectivity index is 2.21. The van der Waals surface area contributed by atoms with Crippen LogP contribution in [0.5, 0.6) is 23.0 Å². The van der Waals surface area contributed by atoms with Gasteiger partial charge in [-0.3, -0.25) is 4.79 Å². The lowest BCUT2D eigenvalue weighted by atomic mass is 10.1. The van der Waals surface area contributed by atoms with Crippen LogP contribution >= 0.6 is 23.2 Å². The molecule has 0 atom stereocenters. The second kappa shape index (κ2) is 7.96. The Morgan fingerprint density at radius 3 is 2.52 bits per heavy atom. The summed E-state index contributed by atoms with van der Waals surface area (Å²) in [7, 11) is 2.74. The fraction of sp³-hybridized carbons (Fsp3) is 0.125. The molecule has 0 aliphatic heterocycles. The van der Waals surface area contributed by atoms with E-state index >= 15 is 0 Å². The summed E-state index contributed by atoms with van der Waals surface area (Å²) in [6.07, 6.45) is 1.31. The summed E-state index contributed by atoms with van der Waals surface area (Å²) >= 11 is 11.9. The van der Waals surface area contributed by atoms with Crippen molar-refractivity contribution >= 4 is 35.3 Å². The second-order valence-corrected chi connectivity index (χ2v) is 5.60. The normalized spacial score (nSPS) is 10.7. The SMILES string of the molecule is COc1cc(C(=O)NN=Cc2cc(Cl)cc(Cl)c2OC)cc(O)c1O. The van der Waals surface area contributed by atoms with Crippen molar-refractivity contribution in [2.45, 2.75) is 0 Å². The fourth-order valence-electron chi connectivity index (χ4n) is 2.00.